The van der Waals surface area contributed by atoms with Crippen LogP contribution < -0.4 is 5.32 Å². The number of carboxylic acid groups (broad SMARTS) is 1. The third-order valence-electron chi connectivity index (χ3n) is 2.99. The number of amides is 1. The van der Waals surface area contributed by atoms with E-state index in [9.17, 15) is 18.0 Å². The third-order valence-corrected chi connectivity index (χ3v) is 5.16. The molecule has 0 heterocycles. The van der Waals surface area contributed by atoms with Crippen LogP contribution >= 0.6 is 0 Å². The number of carbonyl (C=O) groups excluding carboxylic acids is 1. The Balaban J connectivity index is 2.76. The normalized spacial score (nSPS) is 13.0. The van der Waals surface area contributed by atoms with Crippen LogP contribution in [0.5, 0.6) is 0 Å². The Bertz CT molecular complexity index is 619. The van der Waals surface area contributed by atoms with Crippen LogP contribution in [0, 0.1) is 0 Å². The number of sulfone groups is 1. The van der Waals surface area contributed by atoms with Gasteiger partial charge in [0, 0.05) is 0 Å². The van der Waals surface area contributed by atoms with Crippen molar-refractivity contribution in [1.82, 2.24) is 5.32 Å². The quantitative estimate of drug-likeness (QED) is 0.816. The number of aliphatic carboxylic acids is 1. The minimum Gasteiger partial charge on any atom is -0.480 e. The Morgan fingerprint density at radius 1 is 1.14 bits per heavy atom. The summed E-state index contributed by atoms with van der Waals surface area (Å²) in [6.45, 7) is 4.58. The molecule has 0 radical (unpaired) electrons. The molecule has 1 aromatic carbocycles. The molecule has 116 valence electrons. The Morgan fingerprint density at radius 2 is 1.67 bits per heavy atom. The highest BCUT2D eigenvalue weighted by Gasteiger charge is 2.19. The van der Waals surface area contributed by atoms with Gasteiger partial charge in [0.25, 0.3) is 0 Å². The molecule has 6 nitrogen and oxygen atoms in total. The Hall–Kier alpha value is -1.89. The predicted octanol–water partition coefficient (Wildman–Crippen LogP) is 1.00. The second kappa shape index (κ2) is 6.71. The van der Waals surface area contributed by atoms with Crippen molar-refractivity contribution in [2.24, 2.45) is 0 Å². The fourth-order valence-electron chi connectivity index (χ4n) is 1.61. The molecular formula is C14H19NO5S. The smallest absolute Gasteiger partial charge is 0.325 e. The molecule has 0 fully saturated rings. The second-order valence-corrected chi connectivity index (χ2v) is 7.55. The fraction of sp³-hybridized carbons (Fsp3) is 0.429. The summed E-state index contributed by atoms with van der Waals surface area (Å²) >= 11 is 0. The lowest BCUT2D eigenvalue weighted by Gasteiger charge is -2.10. The highest BCUT2D eigenvalue weighted by atomic mass is 32.2. The van der Waals surface area contributed by atoms with Gasteiger partial charge in [-0.05, 0) is 38.5 Å². The summed E-state index contributed by atoms with van der Waals surface area (Å²) in [7, 11) is -3.33. The number of carbonyl (C=O) groups is 2. The van der Waals surface area contributed by atoms with Crippen molar-refractivity contribution in [3.63, 3.8) is 0 Å². The lowest BCUT2D eigenvalue weighted by Crippen LogP contribution is -2.39. The number of hydrogen-bond acceptors (Lipinski definition) is 4. The van der Waals surface area contributed by atoms with E-state index < -0.39 is 33.0 Å². The van der Waals surface area contributed by atoms with E-state index in [1.807, 2.05) is 0 Å². The van der Waals surface area contributed by atoms with Crippen molar-refractivity contribution < 1.29 is 23.1 Å². The first-order chi connectivity index (χ1) is 9.64. The lowest BCUT2D eigenvalue weighted by molar-refractivity contribution is -0.141. The van der Waals surface area contributed by atoms with Crippen LogP contribution in [0.15, 0.2) is 29.2 Å². The van der Waals surface area contributed by atoms with Gasteiger partial charge in [0.15, 0.2) is 9.84 Å². The van der Waals surface area contributed by atoms with E-state index in [0.29, 0.717) is 5.56 Å². The summed E-state index contributed by atoms with van der Waals surface area (Å²) in [5.74, 6) is -1.54. The van der Waals surface area contributed by atoms with Crippen LogP contribution in [0.3, 0.4) is 0 Å². The zero-order chi connectivity index (χ0) is 16.2. The molecule has 7 heteroatoms. The van der Waals surface area contributed by atoms with Gasteiger partial charge in [0.05, 0.1) is 16.6 Å². The van der Waals surface area contributed by atoms with Gasteiger partial charge in [-0.3, -0.25) is 9.59 Å². The summed E-state index contributed by atoms with van der Waals surface area (Å²) < 4.78 is 23.9. The van der Waals surface area contributed by atoms with Crippen LogP contribution in [0.1, 0.15) is 26.3 Å². The summed E-state index contributed by atoms with van der Waals surface area (Å²) in [5, 5.41) is 10.5. The Morgan fingerprint density at radius 3 is 2.10 bits per heavy atom. The van der Waals surface area contributed by atoms with E-state index in [2.05, 4.69) is 5.32 Å². The van der Waals surface area contributed by atoms with E-state index in [1.54, 1.807) is 26.0 Å². The number of carboxylic acids is 1. The summed E-state index contributed by atoms with van der Waals surface area (Å²) in [6.07, 6.45) is -0.000371. The zero-order valence-corrected chi connectivity index (χ0v) is 13.0. The minimum atomic E-state index is -3.33. The highest BCUT2D eigenvalue weighted by Crippen LogP contribution is 2.16. The first-order valence-electron chi connectivity index (χ1n) is 6.49. The number of benzene rings is 1. The highest BCUT2D eigenvalue weighted by molar-refractivity contribution is 7.92. The predicted molar refractivity (Wildman–Crippen MR) is 77.7 cm³/mol. The van der Waals surface area contributed by atoms with Crippen LogP contribution in [0.4, 0.5) is 0 Å². The molecule has 2 N–H and O–H groups in total. The molecular weight excluding hydrogens is 294 g/mol. The monoisotopic (exact) mass is 313 g/mol. The van der Waals surface area contributed by atoms with Crippen LogP contribution in [-0.4, -0.2) is 36.7 Å². The topological polar surface area (TPSA) is 101 Å². The van der Waals surface area contributed by atoms with Crippen molar-refractivity contribution in [2.45, 2.75) is 43.4 Å². The van der Waals surface area contributed by atoms with Gasteiger partial charge in [0.2, 0.25) is 5.91 Å². The fourth-order valence-corrected chi connectivity index (χ4v) is 2.67. The van der Waals surface area contributed by atoms with Gasteiger partial charge >= 0.3 is 5.97 Å². The maximum absolute atomic E-state index is 11.9. The molecule has 0 saturated heterocycles. The molecule has 0 saturated carbocycles. The van der Waals surface area contributed by atoms with Gasteiger partial charge < -0.3 is 10.4 Å². The average Bonchev–Trinajstić information content (AvgIpc) is 2.38. The number of rotatable bonds is 6. The molecule has 1 rings (SSSR count). The SMILES string of the molecule is CC(C)S(=O)(=O)c1ccc(CC(=O)N[C@@H](C)C(=O)O)cc1. The standard InChI is InChI=1S/C14H19NO5S/c1-9(2)21(19,20)12-6-4-11(5-7-12)8-13(16)15-10(3)14(17)18/h4-7,9-10H,8H2,1-3H3,(H,15,16)(H,17,18)/t10-/m0/s1. The van der Waals surface area contributed by atoms with E-state index in [-0.39, 0.29) is 11.3 Å². The summed E-state index contributed by atoms with van der Waals surface area (Å²) in [4.78, 5) is 22.5. The molecule has 1 amide bonds. The molecule has 0 aliphatic carbocycles. The largest absolute Gasteiger partial charge is 0.480 e. The molecule has 0 aliphatic rings. The maximum Gasteiger partial charge on any atom is 0.325 e. The van der Waals surface area contributed by atoms with Crippen LogP contribution in [-0.2, 0) is 25.8 Å². The van der Waals surface area contributed by atoms with E-state index >= 15 is 0 Å². The molecule has 0 spiro atoms. The van der Waals surface area contributed by atoms with Gasteiger partial charge in [-0.2, -0.15) is 0 Å². The zero-order valence-electron chi connectivity index (χ0n) is 12.2. The van der Waals surface area contributed by atoms with Gasteiger partial charge in [0.1, 0.15) is 6.04 Å². The average molecular weight is 313 g/mol. The van der Waals surface area contributed by atoms with Crippen molar-refractivity contribution in [1.29, 1.82) is 0 Å². The first-order valence-corrected chi connectivity index (χ1v) is 8.04. The summed E-state index contributed by atoms with van der Waals surface area (Å²) in [5.41, 5.74) is 0.618. The van der Waals surface area contributed by atoms with Crippen LogP contribution in [0.2, 0.25) is 0 Å². The molecule has 0 bridgehead atoms. The van der Waals surface area contributed by atoms with E-state index in [4.69, 9.17) is 5.11 Å². The maximum atomic E-state index is 11.9. The van der Waals surface area contributed by atoms with Crippen molar-refractivity contribution in [3.8, 4) is 0 Å². The van der Waals surface area contributed by atoms with Gasteiger partial charge in [-0.25, -0.2) is 8.42 Å². The molecule has 0 aromatic heterocycles. The lowest BCUT2D eigenvalue weighted by atomic mass is 10.1. The van der Waals surface area contributed by atoms with Crippen molar-refractivity contribution in [2.75, 3.05) is 0 Å². The molecule has 21 heavy (non-hydrogen) atoms. The van der Waals surface area contributed by atoms with E-state index in [1.165, 1.54) is 19.1 Å². The number of nitrogens with one attached hydrogen (secondary N) is 1. The van der Waals surface area contributed by atoms with Crippen LogP contribution in [0.25, 0.3) is 0 Å². The molecule has 1 aromatic rings. The minimum absolute atomic E-state index is 0.000371. The van der Waals surface area contributed by atoms with Crippen molar-refractivity contribution >= 4 is 21.7 Å². The first kappa shape index (κ1) is 17.2. The van der Waals surface area contributed by atoms with Gasteiger partial charge in [-0.15, -0.1) is 0 Å². The second-order valence-electron chi connectivity index (χ2n) is 5.04. The number of hydrogen-bond donors (Lipinski definition) is 2. The van der Waals surface area contributed by atoms with Crippen molar-refractivity contribution in [3.05, 3.63) is 29.8 Å². The summed E-state index contributed by atoms with van der Waals surface area (Å²) in [6, 6.07) is 5.07. The Labute approximate surface area is 124 Å². The Kier molecular flexibility index (Phi) is 5.48. The van der Waals surface area contributed by atoms with E-state index in [0.717, 1.165) is 0 Å². The molecule has 0 aliphatic heterocycles. The third kappa shape index (κ3) is 4.56. The van der Waals surface area contributed by atoms with Gasteiger partial charge in [-0.1, -0.05) is 12.1 Å². The molecule has 0 unspecified atom stereocenters. The molecule has 1 atom stereocenters.